The number of nitrogens with zero attached hydrogens (tertiary/aromatic N) is 3. The quantitative estimate of drug-likeness (QED) is 0.530. The summed E-state index contributed by atoms with van der Waals surface area (Å²) in [5.41, 5.74) is 6.87. The van der Waals surface area contributed by atoms with Crippen molar-refractivity contribution in [3.63, 3.8) is 0 Å². The van der Waals surface area contributed by atoms with Crippen LogP contribution in [-0.2, 0) is 0 Å². The van der Waals surface area contributed by atoms with Crippen molar-refractivity contribution in [3.8, 4) is 0 Å². The van der Waals surface area contributed by atoms with Crippen molar-refractivity contribution in [2.24, 2.45) is 0 Å². The number of nitrogen functional groups attached to an aromatic ring is 1. The van der Waals surface area contributed by atoms with Gasteiger partial charge in [0.15, 0.2) is 11.3 Å². The highest BCUT2D eigenvalue weighted by atomic mass is 15.2. The van der Waals surface area contributed by atoms with Gasteiger partial charge in [0.1, 0.15) is 0 Å². The minimum atomic E-state index is 0.392. The van der Waals surface area contributed by atoms with Crippen LogP contribution in [0.5, 0.6) is 0 Å². The molecule has 0 saturated carbocycles. The molecule has 0 aliphatic heterocycles. The molecule has 0 spiro atoms. The summed E-state index contributed by atoms with van der Waals surface area (Å²) >= 11 is 0. The first-order valence-electron chi connectivity index (χ1n) is 2.79. The maximum Gasteiger partial charge on any atom is 0.173 e. The summed E-state index contributed by atoms with van der Waals surface area (Å²) in [6.07, 6.45) is 1.58. The fraction of sp³-hybridized carbons (Fsp3) is 0. The molecular weight excluding hydrogens is 130 g/mol. The Morgan fingerprint density at radius 1 is 1.50 bits per heavy atom. The average Bonchev–Trinajstić information content (AvgIpc) is 2.34. The van der Waals surface area contributed by atoms with Gasteiger partial charge in [0.05, 0.1) is 11.7 Å². The number of H-pyrrole nitrogens is 1. The van der Waals surface area contributed by atoms with Gasteiger partial charge in [-0.3, -0.25) is 5.10 Å². The minimum Gasteiger partial charge on any atom is -0.380 e. The monoisotopic (exact) mass is 135 g/mol. The topological polar surface area (TPSA) is 80.5 Å². The Morgan fingerprint density at radius 2 is 2.40 bits per heavy atom. The first kappa shape index (κ1) is 5.16. The van der Waals surface area contributed by atoms with E-state index < -0.39 is 0 Å². The van der Waals surface area contributed by atoms with Crippen molar-refractivity contribution in [1.82, 2.24) is 20.4 Å². The molecule has 2 heterocycles. The molecule has 2 aromatic heterocycles. The van der Waals surface area contributed by atoms with E-state index in [9.17, 15) is 0 Å². The van der Waals surface area contributed by atoms with Crippen LogP contribution in [0.2, 0.25) is 0 Å². The Morgan fingerprint density at radius 3 is 3.20 bits per heavy atom. The number of aromatic nitrogens is 4. The lowest BCUT2D eigenvalue weighted by molar-refractivity contribution is 1.08. The van der Waals surface area contributed by atoms with Crippen LogP contribution in [0.15, 0.2) is 12.3 Å². The first-order valence-corrected chi connectivity index (χ1v) is 2.79. The van der Waals surface area contributed by atoms with Gasteiger partial charge in [-0.2, -0.15) is 10.2 Å². The van der Waals surface area contributed by atoms with Crippen molar-refractivity contribution in [3.05, 3.63) is 12.3 Å². The van der Waals surface area contributed by atoms with Gasteiger partial charge in [-0.05, 0) is 6.07 Å². The molecule has 5 heteroatoms. The summed E-state index contributed by atoms with van der Waals surface area (Å²) in [4.78, 5) is 0. The van der Waals surface area contributed by atoms with E-state index in [-0.39, 0.29) is 0 Å². The van der Waals surface area contributed by atoms with E-state index in [1.165, 1.54) is 0 Å². The standard InChI is InChI=1S/C5H5N5/c6-5-4-3(8-10-5)1-2-7-9-4/h1-2H,(H3,6,8,10). The van der Waals surface area contributed by atoms with Crippen molar-refractivity contribution < 1.29 is 0 Å². The first-order chi connectivity index (χ1) is 4.88. The number of nitrogens with two attached hydrogens (primary N) is 1. The van der Waals surface area contributed by atoms with E-state index in [1.807, 2.05) is 0 Å². The Bertz CT molecular complexity index is 352. The lowest BCUT2D eigenvalue weighted by Crippen LogP contribution is -1.86. The second-order valence-electron chi connectivity index (χ2n) is 1.90. The molecule has 50 valence electrons. The lowest BCUT2D eigenvalue weighted by Gasteiger charge is -1.82. The van der Waals surface area contributed by atoms with Gasteiger partial charge in [-0.25, -0.2) is 0 Å². The van der Waals surface area contributed by atoms with E-state index in [2.05, 4.69) is 20.4 Å². The molecule has 0 amide bonds. The van der Waals surface area contributed by atoms with Crippen LogP contribution < -0.4 is 5.73 Å². The predicted octanol–water partition coefficient (Wildman–Crippen LogP) is -0.0649. The van der Waals surface area contributed by atoms with Gasteiger partial charge in [-0.1, -0.05) is 0 Å². The van der Waals surface area contributed by atoms with Crippen LogP contribution in [0.4, 0.5) is 5.82 Å². The molecule has 2 rings (SSSR count). The van der Waals surface area contributed by atoms with Crippen molar-refractivity contribution in [2.75, 3.05) is 5.73 Å². The van der Waals surface area contributed by atoms with Crippen molar-refractivity contribution in [2.45, 2.75) is 0 Å². The number of fused-ring (bicyclic) bond motifs is 1. The summed E-state index contributed by atoms with van der Waals surface area (Å²) in [5, 5.41) is 13.9. The summed E-state index contributed by atoms with van der Waals surface area (Å²) in [5.74, 6) is 0.392. The third-order valence-electron chi connectivity index (χ3n) is 1.26. The highest BCUT2D eigenvalue weighted by Crippen LogP contribution is 2.10. The van der Waals surface area contributed by atoms with E-state index in [0.717, 1.165) is 5.52 Å². The van der Waals surface area contributed by atoms with E-state index in [1.54, 1.807) is 12.3 Å². The van der Waals surface area contributed by atoms with Crippen LogP contribution in [-0.4, -0.2) is 20.4 Å². The molecule has 3 N–H and O–H groups in total. The van der Waals surface area contributed by atoms with Gasteiger partial charge >= 0.3 is 0 Å². The van der Waals surface area contributed by atoms with Gasteiger partial charge in [-0.15, -0.1) is 5.10 Å². The van der Waals surface area contributed by atoms with Crippen LogP contribution in [0.3, 0.4) is 0 Å². The fourth-order valence-electron chi connectivity index (χ4n) is 0.785. The molecule has 0 aromatic carbocycles. The molecule has 0 atom stereocenters. The van der Waals surface area contributed by atoms with Crippen LogP contribution in [0.25, 0.3) is 11.0 Å². The number of rotatable bonds is 0. The number of anilines is 1. The largest absolute Gasteiger partial charge is 0.380 e. The lowest BCUT2D eigenvalue weighted by atomic mass is 10.4. The van der Waals surface area contributed by atoms with Gasteiger partial charge < -0.3 is 5.73 Å². The molecule has 0 aliphatic rings. The van der Waals surface area contributed by atoms with Crippen LogP contribution in [0.1, 0.15) is 0 Å². The van der Waals surface area contributed by atoms with Gasteiger partial charge in [0.25, 0.3) is 0 Å². The maximum absolute atomic E-state index is 5.43. The van der Waals surface area contributed by atoms with Crippen LogP contribution in [0, 0.1) is 0 Å². The molecule has 0 unspecified atom stereocenters. The summed E-state index contributed by atoms with van der Waals surface area (Å²) in [6, 6.07) is 1.77. The van der Waals surface area contributed by atoms with E-state index in [0.29, 0.717) is 11.3 Å². The molecule has 10 heavy (non-hydrogen) atoms. The predicted molar refractivity (Wildman–Crippen MR) is 36.1 cm³/mol. The van der Waals surface area contributed by atoms with Gasteiger partial charge in [0.2, 0.25) is 0 Å². The highest BCUT2D eigenvalue weighted by Gasteiger charge is 2.00. The number of aromatic amines is 1. The Balaban J connectivity index is 2.93. The van der Waals surface area contributed by atoms with Crippen molar-refractivity contribution >= 4 is 16.9 Å². The second kappa shape index (κ2) is 1.66. The number of nitrogens with one attached hydrogen (secondary N) is 1. The number of hydrogen-bond donors (Lipinski definition) is 2. The summed E-state index contributed by atoms with van der Waals surface area (Å²) in [7, 11) is 0. The smallest absolute Gasteiger partial charge is 0.173 e. The van der Waals surface area contributed by atoms with Crippen molar-refractivity contribution in [1.29, 1.82) is 0 Å². The van der Waals surface area contributed by atoms with Gasteiger partial charge in [0, 0.05) is 0 Å². The highest BCUT2D eigenvalue weighted by molar-refractivity contribution is 5.83. The zero-order valence-electron chi connectivity index (χ0n) is 5.07. The average molecular weight is 135 g/mol. The normalized spacial score (nSPS) is 10.4. The maximum atomic E-state index is 5.43. The van der Waals surface area contributed by atoms with E-state index in [4.69, 9.17) is 5.73 Å². The molecular formula is C5H5N5. The zero-order valence-corrected chi connectivity index (χ0v) is 5.07. The molecule has 0 fully saturated rings. The number of hydrogen-bond acceptors (Lipinski definition) is 4. The molecule has 0 radical (unpaired) electrons. The molecule has 5 nitrogen and oxygen atoms in total. The third-order valence-corrected chi connectivity index (χ3v) is 1.26. The molecule has 0 saturated heterocycles. The summed E-state index contributed by atoms with van der Waals surface area (Å²) in [6.45, 7) is 0. The third kappa shape index (κ3) is 0.540. The Labute approximate surface area is 56.3 Å². The zero-order chi connectivity index (χ0) is 6.97. The Kier molecular flexibility index (Phi) is 0.858. The van der Waals surface area contributed by atoms with Crippen LogP contribution >= 0.6 is 0 Å². The van der Waals surface area contributed by atoms with E-state index >= 15 is 0 Å². The summed E-state index contributed by atoms with van der Waals surface area (Å²) < 4.78 is 0. The Hall–Kier alpha value is -1.65. The fourth-order valence-corrected chi connectivity index (χ4v) is 0.785. The SMILES string of the molecule is Nc1n[nH]c2ccnnc12. The minimum absolute atomic E-state index is 0.392. The molecule has 0 bridgehead atoms. The molecule has 0 aliphatic carbocycles. The molecule has 2 aromatic rings. The second-order valence-corrected chi connectivity index (χ2v) is 1.90.